The summed E-state index contributed by atoms with van der Waals surface area (Å²) >= 11 is 3.47. The highest BCUT2D eigenvalue weighted by Gasteiger charge is 2.51. The zero-order valence-corrected chi connectivity index (χ0v) is 15.3. The van der Waals surface area contributed by atoms with E-state index in [2.05, 4.69) is 26.6 Å². The van der Waals surface area contributed by atoms with E-state index in [1.165, 1.54) is 0 Å². The van der Waals surface area contributed by atoms with Gasteiger partial charge in [-0.3, -0.25) is 9.59 Å². The molecule has 2 aromatic rings. The predicted molar refractivity (Wildman–Crippen MR) is 101 cm³/mol. The van der Waals surface area contributed by atoms with Gasteiger partial charge in [-0.15, -0.1) is 0 Å². The summed E-state index contributed by atoms with van der Waals surface area (Å²) in [5, 5.41) is 5.96. The molecule has 0 atom stereocenters. The first-order valence-electron chi connectivity index (χ1n) is 8.55. The Balaban J connectivity index is 1.50. The van der Waals surface area contributed by atoms with Crippen molar-refractivity contribution < 1.29 is 9.59 Å². The van der Waals surface area contributed by atoms with Crippen LogP contribution in [0.25, 0.3) is 0 Å². The fourth-order valence-corrected chi connectivity index (χ4v) is 3.44. The van der Waals surface area contributed by atoms with Crippen molar-refractivity contribution in [3.63, 3.8) is 0 Å². The van der Waals surface area contributed by atoms with Crippen molar-refractivity contribution in [2.45, 2.75) is 37.1 Å². The lowest BCUT2D eigenvalue weighted by atomic mass is 9.95. The molecule has 2 aliphatic carbocycles. The minimum absolute atomic E-state index is 0.00893. The Hall–Kier alpha value is -2.14. The standard InChI is InChI=1S/C20H19BrN2O2/c21-15-5-2-4-14(12-15)20(9-10-20)19(25)23-17-6-1-3-13(11-17)18(24)22-16-7-8-16/h1-6,11-12,16H,7-10H2,(H,22,24)(H,23,25). The molecule has 4 nitrogen and oxygen atoms in total. The third-order valence-corrected chi connectivity index (χ3v) is 5.35. The normalized spacial score (nSPS) is 17.6. The van der Waals surface area contributed by atoms with Crippen LogP contribution in [0.5, 0.6) is 0 Å². The zero-order valence-electron chi connectivity index (χ0n) is 13.7. The number of halogens is 1. The Kier molecular flexibility index (Phi) is 4.12. The summed E-state index contributed by atoms with van der Waals surface area (Å²) in [6.07, 6.45) is 3.79. The smallest absolute Gasteiger partial charge is 0.251 e. The van der Waals surface area contributed by atoms with Gasteiger partial charge in [0.15, 0.2) is 0 Å². The molecule has 0 spiro atoms. The Morgan fingerprint density at radius 2 is 1.80 bits per heavy atom. The Bertz CT molecular complexity index is 841. The maximum Gasteiger partial charge on any atom is 0.251 e. The molecule has 2 N–H and O–H groups in total. The summed E-state index contributed by atoms with van der Waals surface area (Å²) in [5.74, 6) is -0.0860. The highest BCUT2D eigenvalue weighted by molar-refractivity contribution is 9.10. The summed E-state index contributed by atoms with van der Waals surface area (Å²) in [6, 6.07) is 15.4. The van der Waals surface area contributed by atoms with E-state index in [0.29, 0.717) is 17.3 Å². The van der Waals surface area contributed by atoms with Crippen LogP contribution in [0.15, 0.2) is 53.0 Å². The molecule has 0 radical (unpaired) electrons. The summed E-state index contributed by atoms with van der Waals surface area (Å²) in [5.41, 5.74) is 1.82. The Morgan fingerprint density at radius 3 is 2.48 bits per heavy atom. The summed E-state index contributed by atoms with van der Waals surface area (Å²) in [6.45, 7) is 0. The van der Waals surface area contributed by atoms with Gasteiger partial charge in [-0.1, -0.05) is 34.1 Å². The SMILES string of the molecule is O=C(NC1CC1)c1cccc(NC(=O)C2(c3cccc(Br)c3)CC2)c1. The number of carbonyl (C=O) groups is 2. The van der Waals surface area contributed by atoms with Crippen molar-refractivity contribution in [2.24, 2.45) is 0 Å². The van der Waals surface area contributed by atoms with Crippen LogP contribution in [0.2, 0.25) is 0 Å². The van der Waals surface area contributed by atoms with Crippen LogP contribution in [0, 0.1) is 0 Å². The molecule has 25 heavy (non-hydrogen) atoms. The van der Waals surface area contributed by atoms with E-state index in [0.717, 1.165) is 35.7 Å². The molecule has 0 bridgehead atoms. The monoisotopic (exact) mass is 398 g/mol. The number of benzene rings is 2. The van der Waals surface area contributed by atoms with Gasteiger partial charge in [0, 0.05) is 21.8 Å². The molecule has 2 aromatic carbocycles. The molecular weight excluding hydrogens is 380 g/mol. The van der Waals surface area contributed by atoms with E-state index in [4.69, 9.17) is 0 Å². The van der Waals surface area contributed by atoms with Crippen LogP contribution >= 0.6 is 15.9 Å². The topological polar surface area (TPSA) is 58.2 Å². The van der Waals surface area contributed by atoms with Gasteiger partial charge >= 0.3 is 0 Å². The fourth-order valence-electron chi connectivity index (χ4n) is 3.04. The number of hydrogen-bond donors (Lipinski definition) is 2. The van der Waals surface area contributed by atoms with E-state index in [-0.39, 0.29) is 11.8 Å². The number of hydrogen-bond acceptors (Lipinski definition) is 2. The van der Waals surface area contributed by atoms with Crippen molar-refractivity contribution >= 4 is 33.4 Å². The van der Waals surface area contributed by atoms with Crippen LogP contribution < -0.4 is 10.6 Å². The summed E-state index contributed by atoms with van der Waals surface area (Å²) in [7, 11) is 0. The van der Waals surface area contributed by atoms with Gasteiger partial charge in [-0.05, 0) is 61.6 Å². The Labute approximate surface area is 155 Å². The summed E-state index contributed by atoms with van der Waals surface area (Å²) < 4.78 is 0.975. The van der Waals surface area contributed by atoms with E-state index < -0.39 is 5.41 Å². The number of anilines is 1. The number of nitrogens with one attached hydrogen (secondary N) is 2. The molecule has 2 aliphatic rings. The molecule has 128 valence electrons. The molecule has 2 saturated carbocycles. The number of amides is 2. The van der Waals surface area contributed by atoms with E-state index >= 15 is 0 Å². The number of carbonyl (C=O) groups excluding carboxylic acids is 2. The van der Waals surface area contributed by atoms with Crippen LogP contribution in [0.4, 0.5) is 5.69 Å². The predicted octanol–water partition coefficient (Wildman–Crippen LogP) is 4.01. The lowest BCUT2D eigenvalue weighted by Crippen LogP contribution is -2.28. The van der Waals surface area contributed by atoms with Crippen molar-refractivity contribution in [3.05, 3.63) is 64.1 Å². The summed E-state index contributed by atoms with van der Waals surface area (Å²) in [4.78, 5) is 25.0. The zero-order chi connectivity index (χ0) is 17.4. The molecule has 4 rings (SSSR count). The second-order valence-electron chi connectivity index (χ2n) is 6.88. The largest absolute Gasteiger partial charge is 0.349 e. The van der Waals surface area contributed by atoms with Gasteiger partial charge < -0.3 is 10.6 Å². The minimum atomic E-state index is -0.448. The highest BCUT2D eigenvalue weighted by Crippen LogP contribution is 2.49. The van der Waals surface area contributed by atoms with Gasteiger partial charge in [-0.25, -0.2) is 0 Å². The average molecular weight is 399 g/mol. The lowest BCUT2D eigenvalue weighted by molar-refractivity contribution is -0.118. The van der Waals surface area contributed by atoms with Crippen LogP contribution in [-0.4, -0.2) is 17.9 Å². The second-order valence-corrected chi connectivity index (χ2v) is 7.79. The first-order chi connectivity index (χ1) is 12.1. The molecule has 0 aliphatic heterocycles. The second kappa shape index (κ2) is 6.30. The van der Waals surface area contributed by atoms with Crippen LogP contribution in [0.3, 0.4) is 0 Å². The third-order valence-electron chi connectivity index (χ3n) is 4.86. The lowest BCUT2D eigenvalue weighted by Gasteiger charge is -2.16. The first-order valence-corrected chi connectivity index (χ1v) is 9.35. The molecular formula is C20H19BrN2O2. The molecule has 5 heteroatoms. The van der Waals surface area contributed by atoms with Crippen molar-refractivity contribution in [1.82, 2.24) is 5.32 Å². The number of rotatable bonds is 5. The quantitative estimate of drug-likeness (QED) is 0.798. The fraction of sp³-hybridized carbons (Fsp3) is 0.300. The van der Waals surface area contributed by atoms with Gasteiger partial charge in [-0.2, -0.15) is 0 Å². The maximum absolute atomic E-state index is 12.9. The van der Waals surface area contributed by atoms with Crippen LogP contribution in [-0.2, 0) is 10.2 Å². The van der Waals surface area contributed by atoms with Gasteiger partial charge in [0.05, 0.1) is 5.41 Å². The van der Waals surface area contributed by atoms with E-state index in [1.807, 2.05) is 30.3 Å². The Morgan fingerprint density at radius 1 is 1.04 bits per heavy atom. The average Bonchev–Trinajstić information content (AvgIpc) is 3.50. The van der Waals surface area contributed by atoms with E-state index in [1.54, 1.807) is 18.2 Å². The minimum Gasteiger partial charge on any atom is -0.349 e. The molecule has 0 heterocycles. The van der Waals surface area contributed by atoms with Crippen LogP contribution in [0.1, 0.15) is 41.6 Å². The van der Waals surface area contributed by atoms with Gasteiger partial charge in [0.25, 0.3) is 5.91 Å². The maximum atomic E-state index is 12.9. The van der Waals surface area contributed by atoms with E-state index in [9.17, 15) is 9.59 Å². The van der Waals surface area contributed by atoms with Gasteiger partial charge in [0.1, 0.15) is 0 Å². The molecule has 0 aromatic heterocycles. The highest BCUT2D eigenvalue weighted by atomic mass is 79.9. The van der Waals surface area contributed by atoms with Crippen molar-refractivity contribution in [3.8, 4) is 0 Å². The first kappa shape index (κ1) is 16.3. The molecule has 2 amide bonds. The molecule has 0 unspecified atom stereocenters. The van der Waals surface area contributed by atoms with Crippen molar-refractivity contribution in [1.29, 1.82) is 0 Å². The third kappa shape index (κ3) is 3.47. The van der Waals surface area contributed by atoms with Gasteiger partial charge in [0.2, 0.25) is 5.91 Å². The molecule has 0 saturated heterocycles. The van der Waals surface area contributed by atoms with Crippen molar-refractivity contribution in [2.75, 3.05) is 5.32 Å². The molecule has 2 fully saturated rings.